The predicted octanol–water partition coefficient (Wildman–Crippen LogP) is 6.36. The van der Waals surface area contributed by atoms with E-state index < -0.39 is 0 Å². The number of benzene rings is 1. The SMILES string of the molecule is CCC(C)Nc1nc(-c2cn(SI)c3ncc(Cl)cc23)nc2ccccc12. The van der Waals surface area contributed by atoms with Crippen LogP contribution in [0.25, 0.3) is 33.3 Å². The summed E-state index contributed by atoms with van der Waals surface area (Å²) in [7, 11) is 1.55. The summed E-state index contributed by atoms with van der Waals surface area (Å²) in [5.41, 5.74) is 2.68. The minimum absolute atomic E-state index is 0.318. The van der Waals surface area contributed by atoms with E-state index in [-0.39, 0.29) is 0 Å². The van der Waals surface area contributed by atoms with Crippen LogP contribution in [0.4, 0.5) is 5.82 Å². The standard InChI is InChI=1S/C19H17ClIN5S/c1-3-11(2)23-17-13-6-4-5-7-16(13)24-18(25-17)15-10-26(27-21)19-14(15)8-12(20)9-22-19/h4-11H,3H2,1-2H3,(H,23,24,25). The van der Waals surface area contributed by atoms with E-state index in [9.17, 15) is 0 Å². The Morgan fingerprint density at radius 1 is 1.26 bits per heavy atom. The largest absolute Gasteiger partial charge is 0.367 e. The first-order valence-corrected chi connectivity index (χ1v) is 12.3. The maximum Gasteiger partial charge on any atom is 0.164 e. The summed E-state index contributed by atoms with van der Waals surface area (Å²) in [4.78, 5) is 14.2. The summed E-state index contributed by atoms with van der Waals surface area (Å²) in [6, 6.07) is 10.3. The zero-order valence-electron chi connectivity index (χ0n) is 14.8. The summed E-state index contributed by atoms with van der Waals surface area (Å²) >= 11 is 8.45. The topological polar surface area (TPSA) is 55.6 Å². The Kier molecular flexibility index (Phi) is 5.43. The third-order valence-corrected chi connectivity index (χ3v) is 6.40. The fourth-order valence-corrected chi connectivity index (χ4v) is 4.34. The number of pyridine rings is 1. The van der Waals surface area contributed by atoms with Crippen LogP contribution in [0.1, 0.15) is 20.3 Å². The van der Waals surface area contributed by atoms with Crippen LogP contribution in [-0.4, -0.2) is 25.0 Å². The van der Waals surface area contributed by atoms with Crippen LogP contribution in [-0.2, 0) is 0 Å². The van der Waals surface area contributed by atoms with Gasteiger partial charge in [-0.1, -0.05) is 30.7 Å². The highest BCUT2D eigenvalue weighted by Crippen LogP contribution is 2.35. The molecule has 0 fully saturated rings. The molecule has 1 atom stereocenters. The van der Waals surface area contributed by atoms with E-state index in [1.807, 2.05) is 40.5 Å². The Balaban J connectivity index is 1.97. The second-order valence-corrected chi connectivity index (χ2v) is 8.48. The Bertz CT molecular complexity index is 1130. The summed E-state index contributed by atoms with van der Waals surface area (Å²) in [6.45, 7) is 4.31. The number of nitrogens with zero attached hydrogens (tertiary/aromatic N) is 4. The number of rotatable bonds is 5. The smallest absolute Gasteiger partial charge is 0.164 e. The fraction of sp³-hybridized carbons (Fsp3) is 0.211. The summed E-state index contributed by atoms with van der Waals surface area (Å²) in [5, 5.41) is 6.07. The molecule has 8 heteroatoms. The van der Waals surface area contributed by atoms with E-state index in [1.165, 1.54) is 0 Å². The number of fused-ring (bicyclic) bond motifs is 2. The van der Waals surface area contributed by atoms with E-state index in [0.717, 1.165) is 39.7 Å². The van der Waals surface area contributed by atoms with Gasteiger partial charge in [0, 0.05) is 65.1 Å². The van der Waals surface area contributed by atoms with Gasteiger partial charge in [0.15, 0.2) is 11.5 Å². The van der Waals surface area contributed by atoms with Gasteiger partial charge < -0.3 is 5.32 Å². The number of aromatic nitrogens is 4. The first-order chi connectivity index (χ1) is 13.1. The molecule has 0 saturated heterocycles. The molecule has 3 aromatic heterocycles. The molecule has 0 spiro atoms. The van der Waals surface area contributed by atoms with Crippen molar-refractivity contribution in [2.45, 2.75) is 26.3 Å². The van der Waals surface area contributed by atoms with Gasteiger partial charge in [-0.15, -0.1) is 0 Å². The fourth-order valence-electron chi connectivity index (χ4n) is 2.93. The van der Waals surface area contributed by atoms with Crippen molar-refractivity contribution >= 4 is 69.7 Å². The average molecular weight is 510 g/mol. The number of anilines is 1. The molecule has 138 valence electrons. The van der Waals surface area contributed by atoms with Gasteiger partial charge in [-0.05, 0) is 31.5 Å². The minimum atomic E-state index is 0.318. The third-order valence-electron chi connectivity index (χ3n) is 4.49. The Morgan fingerprint density at radius 3 is 2.85 bits per heavy atom. The first kappa shape index (κ1) is 18.8. The average Bonchev–Trinajstić information content (AvgIpc) is 3.05. The number of nitrogens with one attached hydrogen (secondary N) is 1. The van der Waals surface area contributed by atoms with Gasteiger partial charge in [-0.25, -0.2) is 15.0 Å². The van der Waals surface area contributed by atoms with Crippen molar-refractivity contribution in [2.75, 3.05) is 5.32 Å². The van der Waals surface area contributed by atoms with Crippen LogP contribution in [0, 0.1) is 0 Å². The van der Waals surface area contributed by atoms with Crippen molar-refractivity contribution in [3.63, 3.8) is 0 Å². The normalized spacial score (nSPS) is 12.6. The van der Waals surface area contributed by atoms with E-state index in [0.29, 0.717) is 16.9 Å². The maximum absolute atomic E-state index is 6.21. The molecule has 1 unspecified atom stereocenters. The van der Waals surface area contributed by atoms with Crippen molar-refractivity contribution in [2.24, 2.45) is 0 Å². The third kappa shape index (κ3) is 3.60. The molecule has 3 heterocycles. The number of hydrogen-bond acceptors (Lipinski definition) is 5. The Hall–Kier alpha value is -1.58. The van der Waals surface area contributed by atoms with Crippen molar-refractivity contribution in [1.82, 2.24) is 18.9 Å². The highest BCUT2D eigenvalue weighted by atomic mass is 127. The van der Waals surface area contributed by atoms with E-state index >= 15 is 0 Å². The lowest BCUT2D eigenvalue weighted by Gasteiger charge is -2.15. The summed E-state index contributed by atoms with van der Waals surface area (Å²) < 4.78 is 2.00. The molecular weight excluding hydrogens is 493 g/mol. The molecule has 0 saturated carbocycles. The molecule has 0 amide bonds. The monoisotopic (exact) mass is 509 g/mol. The molecule has 0 aliphatic rings. The molecular formula is C19H17ClIN5S. The zero-order valence-corrected chi connectivity index (χ0v) is 18.5. The second-order valence-electron chi connectivity index (χ2n) is 6.33. The number of para-hydroxylation sites is 1. The summed E-state index contributed by atoms with van der Waals surface area (Å²) in [5.74, 6) is 1.51. The second kappa shape index (κ2) is 7.81. The molecule has 27 heavy (non-hydrogen) atoms. The predicted molar refractivity (Wildman–Crippen MR) is 124 cm³/mol. The first-order valence-electron chi connectivity index (χ1n) is 8.60. The molecule has 5 nitrogen and oxygen atoms in total. The minimum Gasteiger partial charge on any atom is -0.367 e. The maximum atomic E-state index is 6.21. The lowest BCUT2D eigenvalue weighted by molar-refractivity contribution is 0.760. The molecule has 4 aromatic rings. The lowest BCUT2D eigenvalue weighted by atomic mass is 10.1. The van der Waals surface area contributed by atoms with Crippen LogP contribution in [0.5, 0.6) is 0 Å². The molecule has 1 aromatic carbocycles. The Morgan fingerprint density at radius 2 is 2.07 bits per heavy atom. The van der Waals surface area contributed by atoms with Gasteiger partial charge in [0.2, 0.25) is 0 Å². The van der Waals surface area contributed by atoms with E-state index in [1.54, 1.807) is 15.3 Å². The van der Waals surface area contributed by atoms with Gasteiger partial charge in [-0.3, -0.25) is 3.97 Å². The number of halogens is 2. The van der Waals surface area contributed by atoms with Gasteiger partial charge in [0.25, 0.3) is 0 Å². The van der Waals surface area contributed by atoms with Gasteiger partial charge in [-0.2, -0.15) is 0 Å². The molecule has 1 N–H and O–H groups in total. The van der Waals surface area contributed by atoms with Crippen LogP contribution in [0.2, 0.25) is 5.02 Å². The van der Waals surface area contributed by atoms with Gasteiger partial charge >= 0.3 is 0 Å². The Labute approximate surface area is 178 Å². The summed E-state index contributed by atoms with van der Waals surface area (Å²) in [6.07, 6.45) is 4.69. The van der Waals surface area contributed by atoms with E-state index in [2.05, 4.69) is 45.4 Å². The van der Waals surface area contributed by atoms with Crippen molar-refractivity contribution in [3.05, 3.63) is 47.7 Å². The van der Waals surface area contributed by atoms with Crippen LogP contribution in [0.3, 0.4) is 0 Å². The molecule has 0 aliphatic carbocycles. The van der Waals surface area contributed by atoms with Crippen LogP contribution in [0.15, 0.2) is 42.7 Å². The molecule has 0 radical (unpaired) electrons. The number of hydrogen-bond donors (Lipinski definition) is 1. The zero-order chi connectivity index (χ0) is 19.0. The van der Waals surface area contributed by atoms with Gasteiger partial charge in [0.05, 0.1) is 10.5 Å². The highest BCUT2D eigenvalue weighted by molar-refractivity contribution is 14.2. The van der Waals surface area contributed by atoms with Crippen molar-refractivity contribution in [1.29, 1.82) is 0 Å². The van der Waals surface area contributed by atoms with Crippen LogP contribution < -0.4 is 5.32 Å². The van der Waals surface area contributed by atoms with Gasteiger partial charge in [0.1, 0.15) is 5.82 Å². The highest BCUT2D eigenvalue weighted by Gasteiger charge is 2.17. The molecule has 0 bridgehead atoms. The van der Waals surface area contributed by atoms with Crippen LogP contribution >= 0.6 is 41.9 Å². The van der Waals surface area contributed by atoms with Crippen molar-refractivity contribution < 1.29 is 0 Å². The quantitative estimate of drug-likeness (QED) is 0.317. The van der Waals surface area contributed by atoms with E-state index in [4.69, 9.17) is 21.6 Å². The molecule has 0 aliphatic heterocycles. The van der Waals surface area contributed by atoms with Crippen molar-refractivity contribution in [3.8, 4) is 11.4 Å². The molecule has 4 rings (SSSR count). The lowest BCUT2D eigenvalue weighted by Crippen LogP contribution is -2.15.